The van der Waals surface area contributed by atoms with Crippen LogP contribution < -0.4 is 0 Å². The minimum atomic E-state index is -3.36. The van der Waals surface area contributed by atoms with Crippen molar-refractivity contribution in [1.82, 2.24) is 4.90 Å². The van der Waals surface area contributed by atoms with Crippen LogP contribution in [0.15, 0.2) is 29.2 Å². The fourth-order valence-corrected chi connectivity index (χ4v) is 3.24. The molecular weight excluding hydrogens is 334 g/mol. The lowest BCUT2D eigenvalue weighted by Crippen LogP contribution is -2.39. The second-order valence-corrected chi connectivity index (χ2v) is 8.22. The molecule has 21 heavy (non-hydrogen) atoms. The largest absolute Gasteiger partial charge is 0.395 e. The number of aliphatic hydroxyl groups excluding tert-OH is 1. The smallest absolute Gasteiger partial charge is 0.237 e. The van der Waals surface area contributed by atoms with Crippen molar-refractivity contribution in [3.8, 4) is 0 Å². The van der Waals surface area contributed by atoms with Gasteiger partial charge in [0.25, 0.3) is 0 Å². The molecule has 0 aliphatic carbocycles. The number of aliphatic hydroxyl groups is 1. The van der Waals surface area contributed by atoms with Crippen LogP contribution in [0.3, 0.4) is 0 Å². The van der Waals surface area contributed by atoms with Gasteiger partial charge >= 0.3 is 0 Å². The monoisotopic (exact) mass is 351 g/mol. The highest BCUT2D eigenvalue weighted by Crippen LogP contribution is 2.20. The predicted octanol–water partition coefficient (Wildman–Crippen LogP) is 1.30. The maximum Gasteiger partial charge on any atom is 0.237 e. The lowest BCUT2D eigenvalue weighted by atomic mass is 10.4. The van der Waals surface area contributed by atoms with Gasteiger partial charge in [-0.3, -0.25) is 4.79 Å². The summed E-state index contributed by atoms with van der Waals surface area (Å²) in [6, 6.07) is 7.32. The summed E-state index contributed by atoms with van der Waals surface area (Å²) in [6.45, 7) is 0.318. The summed E-state index contributed by atoms with van der Waals surface area (Å²) in [7, 11) is -3.36. The number of carbonyl (C=O) groups excluding carboxylic acids is 1. The number of thioether (sulfide) groups is 1. The molecule has 0 saturated heterocycles. The zero-order valence-corrected chi connectivity index (χ0v) is 14.0. The summed E-state index contributed by atoms with van der Waals surface area (Å²) in [5.41, 5.74) is 0. The molecule has 0 aliphatic rings. The van der Waals surface area contributed by atoms with Crippen LogP contribution in [0.1, 0.15) is 0 Å². The van der Waals surface area contributed by atoms with Crippen molar-refractivity contribution < 1.29 is 18.3 Å². The molecule has 0 heterocycles. The Kier molecular flexibility index (Phi) is 7.51. The summed E-state index contributed by atoms with van der Waals surface area (Å²) >= 11 is 7.33. The quantitative estimate of drug-likeness (QED) is 0.714. The van der Waals surface area contributed by atoms with Crippen molar-refractivity contribution in [1.29, 1.82) is 0 Å². The van der Waals surface area contributed by atoms with Gasteiger partial charge in [-0.1, -0.05) is 11.6 Å². The van der Waals surface area contributed by atoms with E-state index in [-0.39, 0.29) is 13.2 Å². The molecular formula is C13H18ClNO4S2. The molecule has 8 heteroatoms. The molecule has 1 aromatic carbocycles. The van der Waals surface area contributed by atoms with E-state index in [0.717, 1.165) is 11.2 Å². The zero-order chi connectivity index (χ0) is 15.9. The molecule has 1 amide bonds. The van der Waals surface area contributed by atoms with Gasteiger partial charge in [0.2, 0.25) is 5.91 Å². The van der Waals surface area contributed by atoms with E-state index < -0.39 is 21.5 Å². The second-order valence-electron chi connectivity index (χ2n) is 4.48. The third kappa shape index (κ3) is 7.71. The van der Waals surface area contributed by atoms with Crippen LogP contribution in [0, 0.1) is 0 Å². The Bertz CT molecular complexity index is 560. The van der Waals surface area contributed by atoms with E-state index in [1.54, 1.807) is 12.1 Å². The van der Waals surface area contributed by atoms with Gasteiger partial charge in [-0.05, 0) is 24.3 Å². The number of sulfone groups is 1. The molecule has 0 atom stereocenters. The van der Waals surface area contributed by atoms with E-state index >= 15 is 0 Å². The van der Waals surface area contributed by atoms with E-state index in [2.05, 4.69) is 0 Å². The first kappa shape index (κ1) is 18.3. The number of benzene rings is 1. The van der Waals surface area contributed by atoms with Gasteiger partial charge in [-0.25, -0.2) is 8.42 Å². The fraction of sp³-hybridized carbons (Fsp3) is 0.462. The number of halogens is 1. The van der Waals surface area contributed by atoms with Crippen LogP contribution in [-0.4, -0.2) is 61.8 Å². The molecule has 0 bridgehead atoms. The topological polar surface area (TPSA) is 74.7 Å². The zero-order valence-electron chi connectivity index (χ0n) is 11.7. The normalized spacial score (nSPS) is 11.4. The van der Waals surface area contributed by atoms with E-state index in [9.17, 15) is 13.2 Å². The van der Waals surface area contributed by atoms with Crippen LogP contribution in [0.4, 0.5) is 0 Å². The Morgan fingerprint density at radius 3 is 2.43 bits per heavy atom. The van der Waals surface area contributed by atoms with Crippen LogP contribution >= 0.6 is 23.4 Å². The predicted molar refractivity (Wildman–Crippen MR) is 85.6 cm³/mol. The van der Waals surface area contributed by atoms with Crippen LogP contribution in [0.5, 0.6) is 0 Å². The van der Waals surface area contributed by atoms with Gasteiger partial charge in [0.15, 0.2) is 9.84 Å². The molecule has 0 radical (unpaired) electrons. The third-order valence-corrected chi connectivity index (χ3v) is 4.57. The van der Waals surface area contributed by atoms with Gasteiger partial charge in [0, 0.05) is 35.0 Å². The molecule has 0 aromatic heterocycles. The van der Waals surface area contributed by atoms with Crippen molar-refractivity contribution in [2.75, 3.05) is 37.5 Å². The molecule has 1 rings (SSSR count). The average Bonchev–Trinajstić information content (AvgIpc) is 2.38. The first-order valence-corrected chi connectivity index (χ1v) is 9.69. The molecule has 0 spiro atoms. The highest BCUT2D eigenvalue weighted by molar-refractivity contribution is 7.99. The molecule has 1 aromatic rings. The van der Waals surface area contributed by atoms with Crippen molar-refractivity contribution in [3.05, 3.63) is 29.3 Å². The summed E-state index contributed by atoms with van der Waals surface area (Å²) in [4.78, 5) is 14.2. The summed E-state index contributed by atoms with van der Waals surface area (Å²) < 4.78 is 22.3. The van der Waals surface area contributed by atoms with Gasteiger partial charge in [0.1, 0.15) is 5.75 Å². The number of rotatable bonds is 8. The van der Waals surface area contributed by atoms with E-state index in [1.807, 2.05) is 12.1 Å². The van der Waals surface area contributed by atoms with Gasteiger partial charge in [0.05, 0.1) is 6.61 Å². The highest BCUT2D eigenvalue weighted by atomic mass is 35.5. The number of nitrogens with zero attached hydrogens (tertiary/aromatic N) is 1. The lowest BCUT2D eigenvalue weighted by molar-refractivity contribution is -0.128. The fourth-order valence-electron chi connectivity index (χ4n) is 1.60. The second kappa shape index (κ2) is 8.63. The standard InChI is InChI=1S/C13H18ClNO4S2/c1-21(18,19)10-13(17)15(6-8-16)7-9-20-12-4-2-11(14)3-5-12/h2-5,16H,6-10H2,1H3. The molecule has 0 aliphatic heterocycles. The van der Waals surface area contributed by atoms with E-state index in [0.29, 0.717) is 17.3 Å². The molecule has 0 unspecified atom stereocenters. The molecule has 0 saturated carbocycles. The third-order valence-electron chi connectivity index (χ3n) is 2.55. The molecule has 1 N–H and O–H groups in total. The summed E-state index contributed by atoms with van der Waals surface area (Å²) in [5.74, 6) is -0.404. The first-order valence-electron chi connectivity index (χ1n) is 6.26. The number of hydrogen-bond acceptors (Lipinski definition) is 5. The van der Waals surface area contributed by atoms with Crippen molar-refractivity contribution >= 4 is 39.1 Å². The Morgan fingerprint density at radius 2 is 1.90 bits per heavy atom. The summed E-state index contributed by atoms with van der Waals surface area (Å²) in [5, 5.41) is 9.62. The Balaban J connectivity index is 2.50. The lowest BCUT2D eigenvalue weighted by Gasteiger charge is -2.21. The number of amides is 1. The maximum atomic E-state index is 11.8. The Hall–Kier alpha value is -0.760. The van der Waals surface area contributed by atoms with Crippen molar-refractivity contribution in [2.45, 2.75) is 4.90 Å². The van der Waals surface area contributed by atoms with E-state index in [1.165, 1.54) is 16.7 Å². The average molecular weight is 352 g/mol. The van der Waals surface area contributed by atoms with Gasteiger partial charge < -0.3 is 10.0 Å². The van der Waals surface area contributed by atoms with Gasteiger partial charge in [-0.2, -0.15) is 0 Å². The Morgan fingerprint density at radius 1 is 1.29 bits per heavy atom. The van der Waals surface area contributed by atoms with Gasteiger partial charge in [-0.15, -0.1) is 11.8 Å². The number of carbonyl (C=O) groups is 1. The van der Waals surface area contributed by atoms with Crippen LogP contribution in [-0.2, 0) is 14.6 Å². The Labute approximate surface area is 134 Å². The number of hydrogen-bond donors (Lipinski definition) is 1. The van der Waals surface area contributed by atoms with E-state index in [4.69, 9.17) is 16.7 Å². The SMILES string of the molecule is CS(=O)(=O)CC(=O)N(CCO)CCSc1ccc(Cl)cc1. The van der Waals surface area contributed by atoms with Crippen LogP contribution in [0.2, 0.25) is 5.02 Å². The minimum Gasteiger partial charge on any atom is -0.395 e. The minimum absolute atomic E-state index is 0.134. The molecule has 0 fully saturated rings. The van der Waals surface area contributed by atoms with Crippen LogP contribution in [0.25, 0.3) is 0 Å². The van der Waals surface area contributed by atoms with Crippen molar-refractivity contribution in [2.24, 2.45) is 0 Å². The maximum absolute atomic E-state index is 11.8. The highest BCUT2D eigenvalue weighted by Gasteiger charge is 2.17. The molecule has 118 valence electrons. The van der Waals surface area contributed by atoms with Crippen molar-refractivity contribution in [3.63, 3.8) is 0 Å². The molecule has 5 nitrogen and oxygen atoms in total. The summed E-state index contributed by atoms with van der Waals surface area (Å²) in [6.07, 6.45) is 1.02. The first-order chi connectivity index (χ1) is 9.81.